The lowest BCUT2D eigenvalue weighted by atomic mass is 10.0. The summed E-state index contributed by atoms with van der Waals surface area (Å²) >= 11 is 0. The Hall–Kier alpha value is -2.49. The Kier molecular flexibility index (Phi) is 6.19. The number of anilines is 1. The number of esters is 1. The first-order valence-electron chi connectivity index (χ1n) is 8.26. The van der Waals surface area contributed by atoms with Crippen molar-refractivity contribution in [2.24, 2.45) is 0 Å². The molecule has 1 aromatic heterocycles. The summed E-state index contributed by atoms with van der Waals surface area (Å²) in [5.74, 6) is -0.720. The number of carbonyl (C=O) groups excluding carboxylic acids is 2. The number of rotatable bonds is 3. The number of nitrogens with two attached hydrogens (primary N) is 1. The molecule has 8 nitrogen and oxygen atoms in total. The minimum absolute atomic E-state index is 0.0648. The van der Waals surface area contributed by atoms with Crippen molar-refractivity contribution in [3.63, 3.8) is 0 Å². The van der Waals surface area contributed by atoms with Crippen LogP contribution in [0.3, 0.4) is 0 Å². The molecule has 2 N–H and O–H groups in total. The van der Waals surface area contributed by atoms with Crippen molar-refractivity contribution in [3.05, 3.63) is 23.5 Å². The van der Waals surface area contributed by atoms with Crippen molar-refractivity contribution in [2.45, 2.75) is 44.9 Å². The van der Waals surface area contributed by atoms with Crippen LogP contribution in [-0.2, 0) is 14.2 Å². The fourth-order valence-corrected chi connectivity index (χ4v) is 2.69. The minimum atomic E-state index is -2.86. The zero-order chi connectivity index (χ0) is 20.4. The molecule has 0 aliphatic carbocycles. The van der Waals surface area contributed by atoms with E-state index in [1.165, 1.54) is 19.4 Å². The fraction of sp³-hybridized carbons (Fsp3) is 0.588. The van der Waals surface area contributed by atoms with Crippen molar-refractivity contribution >= 4 is 17.7 Å². The van der Waals surface area contributed by atoms with Crippen molar-refractivity contribution < 1.29 is 32.6 Å². The third-order valence-electron chi connectivity index (χ3n) is 3.87. The number of morpholine rings is 1. The topological polar surface area (TPSA) is 104 Å². The van der Waals surface area contributed by atoms with E-state index in [2.05, 4.69) is 9.72 Å². The van der Waals surface area contributed by atoms with E-state index in [-0.39, 0.29) is 30.2 Å². The number of amides is 1. The van der Waals surface area contributed by atoms with E-state index in [1.54, 1.807) is 20.8 Å². The molecule has 1 aliphatic heterocycles. The molecule has 150 valence electrons. The normalized spacial score (nSPS) is 20.5. The summed E-state index contributed by atoms with van der Waals surface area (Å²) in [6.07, 6.45) is -2.57. The van der Waals surface area contributed by atoms with Crippen LogP contribution in [0.4, 0.5) is 19.3 Å². The molecule has 0 bridgehead atoms. The van der Waals surface area contributed by atoms with E-state index in [1.807, 2.05) is 0 Å². The molecule has 1 fully saturated rings. The van der Waals surface area contributed by atoms with E-state index >= 15 is 0 Å². The van der Waals surface area contributed by atoms with E-state index < -0.39 is 36.2 Å². The first-order valence-corrected chi connectivity index (χ1v) is 8.26. The van der Waals surface area contributed by atoms with Gasteiger partial charge in [0.25, 0.3) is 6.43 Å². The fourth-order valence-electron chi connectivity index (χ4n) is 2.69. The molecule has 27 heavy (non-hydrogen) atoms. The van der Waals surface area contributed by atoms with Crippen LogP contribution >= 0.6 is 0 Å². The molecule has 2 atom stereocenters. The molecule has 1 saturated heterocycles. The second-order valence-electron chi connectivity index (χ2n) is 7.03. The molecule has 0 radical (unpaired) electrons. The number of ether oxygens (including phenoxy) is 3. The van der Waals surface area contributed by atoms with Crippen LogP contribution in [0.25, 0.3) is 0 Å². The first-order chi connectivity index (χ1) is 12.5. The average molecular weight is 387 g/mol. The average Bonchev–Trinajstić information content (AvgIpc) is 2.59. The van der Waals surface area contributed by atoms with Crippen molar-refractivity contribution in [2.75, 3.05) is 26.1 Å². The van der Waals surface area contributed by atoms with Crippen LogP contribution in [0.1, 0.15) is 42.9 Å². The molecule has 0 unspecified atom stereocenters. The predicted molar refractivity (Wildman–Crippen MR) is 91.4 cm³/mol. The molecule has 1 aliphatic rings. The molecule has 10 heteroatoms. The maximum atomic E-state index is 13.6. The highest BCUT2D eigenvalue weighted by molar-refractivity contribution is 5.87. The highest BCUT2D eigenvalue weighted by atomic mass is 19.3. The lowest BCUT2D eigenvalue weighted by molar-refractivity contribution is -0.102. The van der Waals surface area contributed by atoms with Crippen LogP contribution in [0, 0.1) is 0 Å². The van der Waals surface area contributed by atoms with Crippen LogP contribution in [0.15, 0.2) is 12.3 Å². The number of pyridine rings is 1. The molecule has 2 heterocycles. The Balaban J connectivity index is 2.48. The van der Waals surface area contributed by atoms with Gasteiger partial charge in [-0.15, -0.1) is 0 Å². The summed E-state index contributed by atoms with van der Waals surface area (Å²) in [6.45, 7) is 4.47. The number of nitrogens with zero attached hydrogens (tertiary/aromatic N) is 2. The number of nitrogen functional groups attached to an aromatic ring is 1. The molecule has 1 aromatic rings. The summed E-state index contributed by atoms with van der Waals surface area (Å²) in [7, 11) is 1.18. The maximum absolute atomic E-state index is 13.6. The van der Waals surface area contributed by atoms with Gasteiger partial charge in [-0.3, -0.25) is 4.90 Å². The van der Waals surface area contributed by atoms with Gasteiger partial charge in [-0.1, -0.05) is 0 Å². The summed E-state index contributed by atoms with van der Waals surface area (Å²) in [5, 5.41) is 0. The van der Waals surface area contributed by atoms with Crippen LogP contribution in [0.2, 0.25) is 0 Å². The van der Waals surface area contributed by atoms with Crippen LogP contribution < -0.4 is 5.73 Å². The molecule has 2 rings (SSSR count). The van der Waals surface area contributed by atoms with E-state index in [9.17, 15) is 18.4 Å². The van der Waals surface area contributed by atoms with Gasteiger partial charge in [-0.2, -0.15) is 0 Å². The Morgan fingerprint density at radius 1 is 1.37 bits per heavy atom. The Morgan fingerprint density at radius 3 is 2.59 bits per heavy atom. The minimum Gasteiger partial charge on any atom is -0.464 e. The standard InChI is InChI=1S/C17H23F2N3O5/c1-17(2,3)27-16(24)22-12(7-26-8-13(22)14(18)19)9-5-11(15(23)25-4)21-6-10(9)20/h5-6,12-14H,7-8,20H2,1-4H3/t12-,13-/m0/s1. The first kappa shape index (κ1) is 20.8. The number of carbonyl (C=O) groups is 2. The number of alkyl halides is 2. The van der Waals surface area contributed by atoms with Gasteiger partial charge in [0.15, 0.2) is 0 Å². The lowest BCUT2D eigenvalue weighted by Gasteiger charge is -2.42. The van der Waals surface area contributed by atoms with E-state index in [0.29, 0.717) is 0 Å². The highest BCUT2D eigenvalue weighted by Gasteiger charge is 2.43. The molecule has 0 aromatic carbocycles. The highest BCUT2D eigenvalue weighted by Crippen LogP contribution is 2.34. The van der Waals surface area contributed by atoms with Gasteiger partial charge in [0, 0.05) is 5.56 Å². The number of halogens is 2. The van der Waals surface area contributed by atoms with Gasteiger partial charge in [0.1, 0.15) is 17.3 Å². The quantitative estimate of drug-likeness (QED) is 0.794. The third kappa shape index (κ3) is 4.82. The molecule has 0 saturated carbocycles. The van der Waals surface area contributed by atoms with Gasteiger partial charge in [-0.25, -0.2) is 23.4 Å². The molecular formula is C17H23F2N3O5. The lowest BCUT2D eigenvalue weighted by Crippen LogP contribution is -2.55. The molecule has 1 amide bonds. The third-order valence-corrected chi connectivity index (χ3v) is 3.87. The molecular weight excluding hydrogens is 364 g/mol. The van der Waals surface area contributed by atoms with E-state index in [0.717, 1.165) is 4.90 Å². The van der Waals surface area contributed by atoms with Crippen LogP contribution in [-0.4, -0.2) is 60.3 Å². The second kappa shape index (κ2) is 8.03. The van der Waals surface area contributed by atoms with Gasteiger partial charge in [0.05, 0.1) is 38.2 Å². The SMILES string of the molecule is COC(=O)c1cc([C@@H]2COC[C@@H](C(F)F)N2C(=O)OC(C)(C)C)c(N)cn1. The van der Waals surface area contributed by atoms with Crippen molar-refractivity contribution in [1.82, 2.24) is 9.88 Å². The van der Waals surface area contributed by atoms with Gasteiger partial charge < -0.3 is 19.9 Å². The summed E-state index contributed by atoms with van der Waals surface area (Å²) in [5.41, 5.74) is 5.37. The Labute approximate surface area is 155 Å². The number of methoxy groups -OCH3 is 1. The van der Waals surface area contributed by atoms with Gasteiger partial charge in [0.2, 0.25) is 0 Å². The van der Waals surface area contributed by atoms with Crippen molar-refractivity contribution in [3.8, 4) is 0 Å². The number of hydrogen-bond donors (Lipinski definition) is 1. The number of aromatic nitrogens is 1. The second-order valence-corrected chi connectivity index (χ2v) is 7.03. The number of hydrogen-bond acceptors (Lipinski definition) is 7. The van der Waals surface area contributed by atoms with Crippen molar-refractivity contribution in [1.29, 1.82) is 0 Å². The maximum Gasteiger partial charge on any atom is 0.411 e. The van der Waals surface area contributed by atoms with Crippen LogP contribution in [0.5, 0.6) is 0 Å². The van der Waals surface area contributed by atoms with Gasteiger partial charge in [-0.05, 0) is 26.8 Å². The zero-order valence-corrected chi connectivity index (χ0v) is 15.6. The smallest absolute Gasteiger partial charge is 0.411 e. The Bertz CT molecular complexity index is 708. The summed E-state index contributed by atoms with van der Waals surface area (Å²) in [4.78, 5) is 29.2. The van der Waals surface area contributed by atoms with Gasteiger partial charge >= 0.3 is 12.1 Å². The monoisotopic (exact) mass is 387 g/mol. The molecule has 0 spiro atoms. The van der Waals surface area contributed by atoms with E-state index in [4.69, 9.17) is 15.2 Å². The summed E-state index contributed by atoms with van der Waals surface area (Å²) in [6, 6.07) is -1.19. The summed E-state index contributed by atoms with van der Waals surface area (Å²) < 4.78 is 42.3. The largest absolute Gasteiger partial charge is 0.464 e. The zero-order valence-electron chi connectivity index (χ0n) is 15.6. The predicted octanol–water partition coefficient (Wildman–Crippen LogP) is 2.39. The Morgan fingerprint density at radius 2 is 2.04 bits per heavy atom.